The molecule has 0 aliphatic heterocycles. The number of aromatic carboxylic acids is 1. The van der Waals surface area contributed by atoms with E-state index in [9.17, 15) is 9.59 Å². The summed E-state index contributed by atoms with van der Waals surface area (Å²) in [7, 11) is 0. The van der Waals surface area contributed by atoms with Crippen LogP contribution in [0.1, 0.15) is 43.1 Å². The molecule has 1 saturated carbocycles. The van der Waals surface area contributed by atoms with Gasteiger partial charge in [-0.3, -0.25) is 4.79 Å². The van der Waals surface area contributed by atoms with Gasteiger partial charge in [0, 0.05) is 6.04 Å². The number of nitrogens with zero attached hydrogens (tertiary/aromatic N) is 3. The van der Waals surface area contributed by atoms with E-state index in [4.69, 9.17) is 5.11 Å². The predicted octanol–water partition coefficient (Wildman–Crippen LogP) is 0.671. The zero-order valence-corrected chi connectivity index (χ0v) is 10.9. The standard InChI is InChI=1S/C12H18N4O3/c1-8(9-4-2-3-5-9)13-11(17)7-16-6-10(12(18)19)14-15-16/h6,8-9H,2-5,7H2,1H3,(H,13,17)(H,18,19). The number of amides is 1. The third-order valence-corrected chi connectivity index (χ3v) is 3.56. The highest BCUT2D eigenvalue weighted by Gasteiger charge is 2.22. The van der Waals surface area contributed by atoms with E-state index < -0.39 is 5.97 Å². The zero-order valence-electron chi connectivity index (χ0n) is 10.9. The van der Waals surface area contributed by atoms with Crippen LogP contribution in [0.4, 0.5) is 0 Å². The van der Waals surface area contributed by atoms with Gasteiger partial charge in [0.05, 0.1) is 6.20 Å². The fourth-order valence-corrected chi connectivity index (χ4v) is 2.50. The number of aromatic nitrogens is 3. The third kappa shape index (κ3) is 3.52. The normalized spacial score (nSPS) is 17.3. The minimum atomic E-state index is -1.15. The molecule has 19 heavy (non-hydrogen) atoms. The maximum Gasteiger partial charge on any atom is 0.358 e. The third-order valence-electron chi connectivity index (χ3n) is 3.56. The van der Waals surface area contributed by atoms with E-state index in [1.807, 2.05) is 6.92 Å². The summed E-state index contributed by atoms with van der Waals surface area (Å²) in [6.07, 6.45) is 6.04. The summed E-state index contributed by atoms with van der Waals surface area (Å²) in [5, 5.41) is 18.7. The molecule has 2 rings (SSSR count). The van der Waals surface area contributed by atoms with Crippen molar-refractivity contribution in [1.82, 2.24) is 20.3 Å². The summed E-state index contributed by atoms with van der Waals surface area (Å²) in [6, 6.07) is 0.150. The number of rotatable bonds is 5. The van der Waals surface area contributed by atoms with Gasteiger partial charge in [0.2, 0.25) is 5.91 Å². The number of carboxylic acid groups (broad SMARTS) is 1. The van der Waals surface area contributed by atoms with Crippen molar-refractivity contribution in [3.8, 4) is 0 Å². The van der Waals surface area contributed by atoms with Crippen molar-refractivity contribution in [3.63, 3.8) is 0 Å². The second-order valence-electron chi connectivity index (χ2n) is 5.01. The van der Waals surface area contributed by atoms with Crippen LogP contribution in [0.3, 0.4) is 0 Å². The maximum absolute atomic E-state index is 11.8. The fraction of sp³-hybridized carbons (Fsp3) is 0.667. The molecule has 7 nitrogen and oxygen atoms in total. The topological polar surface area (TPSA) is 97.1 Å². The number of nitrogens with one attached hydrogen (secondary N) is 1. The molecule has 1 amide bonds. The van der Waals surface area contributed by atoms with Crippen LogP contribution >= 0.6 is 0 Å². The lowest BCUT2D eigenvalue weighted by Gasteiger charge is -2.20. The zero-order chi connectivity index (χ0) is 13.8. The quantitative estimate of drug-likeness (QED) is 0.816. The number of hydrogen-bond acceptors (Lipinski definition) is 4. The summed E-state index contributed by atoms with van der Waals surface area (Å²) in [6.45, 7) is 2.01. The molecule has 7 heteroatoms. The van der Waals surface area contributed by atoms with Gasteiger partial charge in [-0.2, -0.15) is 0 Å². The smallest absolute Gasteiger partial charge is 0.358 e. The van der Waals surface area contributed by atoms with Crippen LogP contribution in [0.15, 0.2) is 6.20 Å². The monoisotopic (exact) mass is 266 g/mol. The van der Waals surface area contributed by atoms with Gasteiger partial charge in [0.15, 0.2) is 5.69 Å². The van der Waals surface area contributed by atoms with Gasteiger partial charge in [-0.25, -0.2) is 9.48 Å². The van der Waals surface area contributed by atoms with Crippen molar-refractivity contribution < 1.29 is 14.7 Å². The van der Waals surface area contributed by atoms with Crippen molar-refractivity contribution in [3.05, 3.63) is 11.9 Å². The van der Waals surface area contributed by atoms with E-state index in [2.05, 4.69) is 15.6 Å². The number of carbonyl (C=O) groups is 2. The number of carbonyl (C=O) groups excluding carboxylic acids is 1. The van der Waals surface area contributed by atoms with Crippen molar-refractivity contribution in [2.75, 3.05) is 0 Å². The molecule has 1 aliphatic rings. The first-order valence-corrected chi connectivity index (χ1v) is 6.49. The van der Waals surface area contributed by atoms with Crippen molar-refractivity contribution in [1.29, 1.82) is 0 Å². The lowest BCUT2D eigenvalue weighted by Crippen LogP contribution is -2.39. The molecule has 0 bridgehead atoms. The Morgan fingerprint density at radius 1 is 1.53 bits per heavy atom. The Balaban J connectivity index is 1.84. The summed E-state index contributed by atoms with van der Waals surface area (Å²) >= 11 is 0. The van der Waals surface area contributed by atoms with Crippen LogP contribution in [-0.2, 0) is 11.3 Å². The van der Waals surface area contributed by atoms with Crippen LogP contribution in [0.2, 0.25) is 0 Å². The molecule has 1 aromatic heterocycles. The highest BCUT2D eigenvalue weighted by molar-refractivity contribution is 5.84. The fourth-order valence-electron chi connectivity index (χ4n) is 2.50. The van der Waals surface area contributed by atoms with Gasteiger partial charge >= 0.3 is 5.97 Å². The Kier molecular flexibility index (Phi) is 4.13. The van der Waals surface area contributed by atoms with Gasteiger partial charge in [0.25, 0.3) is 0 Å². The second kappa shape index (κ2) is 5.81. The number of hydrogen-bond donors (Lipinski definition) is 2. The molecule has 1 fully saturated rings. The van der Waals surface area contributed by atoms with E-state index in [0.717, 1.165) is 12.8 Å². The highest BCUT2D eigenvalue weighted by Crippen LogP contribution is 2.27. The molecule has 1 unspecified atom stereocenters. The second-order valence-corrected chi connectivity index (χ2v) is 5.01. The predicted molar refractivity (Wildman–Crippen MR) is 66.5 cm³/mol. The minimum absolute atomic E-state index is 0.00264. The van der Waals surface area contributed by atoms with Gasteiger partial charge in [0.1, 0.15) is 6.54 Å². The first kappa shape index (κ1) is 13.5. The van der Waals surface area contributed by atoms with Crippen molar-refractivity contribution in [2.45, 2.75) is 45.2 Å². The highest BCUT2D eigenvalue weighted by atomic mass is 16.4. The van der Waals surface area contributed by atoms with Crippen LogP contribution in [0, 0.1) is 5.92 Å². The first-order chi connectivity index (χ1) is 9.06. The van der Waals surface area contributed by atoms with Crippen molar-refractivity contribution in [2.24, 2.45) is 5.92 Å². The van der Waals surface area contributed by atoms with E-state index in [1.54, 1.807) is 0 Å². The molecule has 0 radical (unpaired) electrons. The van der Waals surface area contributed by atoms with Crippen molar-refractivity contribution >= 4 is 11.9 Å². The SMILES string of the molecule is CC(NC(=O)Cn1cc(C(=O)O)nn1)C1CCCC1. The number of carboxylic acids is 1. The van der Waals surface area contributed by atoms with Gasteiger partial charge in [-0.1, -0.05) is 18.1 Å². The summed E-state index contributed by atoms with van der Waals surface area (Å²) < 4.78 is 1.24. The lowest BCUT2D eigenvalue weighted by atomic mass is 10.00. The van der Waals surface area contributed by atoms with Gasteiger partial charge in [-0.05, 0) is 25.7 Å². The molecule has 1 aromatic rings. The first-order valence-electron chi connectivity index (χ1n) is 6.49. The Morgan fingerprint density at radius 2 is 2.21 bits per heavy atom. The van der Waals surface area contributed by atoms with Gasteiger partial charge in [-0.15, -0.1) is 5.10 Å². The maximum atomic E-state index is 11.8. The molecule has 1 heterocycles. The summed E-state index contributed by atoms with van der Waals surface area (Å²) in [5.41, 5.74) is -0.156. The summed E-state index contributed by atoms with van der Waals surface area (Å²) in [5.74, 6) is -0.763. The molecule has 1 atom stereocenters. The van der Waals surface area contributed by atoms with E-state index in [0.29, 0.717) is 5.92 Å². The molecule has 104 valence electrons. The average molecular weight is 266 g/mol. The Hall–Kier alpha value is -1.92. The van der Waals surface area contributed by atoms with E-state index in [-0.39, 0.29) is 24.2 Å². The molecule has 0 aromatic carbocycles. The molecule has 0 saturated heterocycles. The minimum Gasteiger partial charge on any atom is -0.476 e. The Morgan fingerprint density at radius 3 is 2.79 bits per heavy atom. The van der Waals surface area contributed by atoms with Crippen LogP contribution in [0.5, 0.6) is 0 Å². The molecule has 0 spiro atoms. The Bertz CT molecular complexity index is 465. The van der Waals surface area contributed by atoms with Gasteiger partial charge < -0.3 is 10.4 Å². The Labute approximate surface area is 111 Å². The van der Waals surface area contributed by atoms with Crippen LogP contribution in [0.25, 0.3) is 0 Å². The average Bonchev–Trinajstić information content (AvgIpc) is 2.98. The lowest BCUT2D eigenvalue weighted by molar-refractivity contribution is -0.122. The van der Waals surface area contributed by atoms with Crippen LogP contribution < -0.4 is 5.32 Å². The van der Waals surface area contributed by atoms with Crippen LogP contribution in [-0.4, -0.2) is 38.0 Å². The molecule has 1 aliphatic carbocycles. The molecular formula is C12H18N4O3. The molecule has 2 N–H and O–H groups in total. The van der Waals surface area contributed by atoms with E-state index >= 15 is 0 Å². The molecular weight excluding hydrogens is 248 g/mol. The van der Waals surface area contributed by atoms with E-state index in [1.165, 1.54) is 23.7 Å². The largest absolute Gasteiger partial charge is 0.476 e. The summed E-state index contributed by atoms with van der Waals surface area (Å²) in [4.78, 5) is 22.4.